The van der Waals surface area contributed by atoms with Crippen LogP contribution < -0.4 is 5.32 Å². The summed E-state index contributed by atoms with van der Waals surface area (Å²) in [6, 6.07) is 11.8. The van der Waals surface area contributed by atoms with Crippen molar-refractivity contribution in [2.45, 2.75) is 45.2 Å². The first-order valence-electron chi connectivity index (χ1n) is 11.2. The zero-order valence-corrected chi connectivity index (χ0v) is 21.5. The van der Waals surface area contributed by atoms with E-state index in [4.69, 9.17) is 11.6 Å². The molecule has 0 aliphatic carbocycles. The Morgan fingerprint density at radius 2 is 1.71 bits per heavy atom. The smallest absolute Gasteiger partial charge is 0.416 e. The predicted octanol–water partition coefficient (Wildman–Crippen LogP) is 7.49. The fourth-order valence-electron chi connectivity index (χ4n) is 4.10. The van der Waals surface area contributed by atoms with Gasteiger partial charge in [0.2, 0.25) is 0 Å². The molecule has 3 aromatic carbocycles. The second-order valence-corrected chi connectivity index (χ2v) is 10.1. The average Bonchev–Trinajstić information content (AvgIpc) is 2.79. The highest BCUT2D eigenvalue weighted by molar-refractivity contribution is 6.30. The van der Waals surface area contributed by atoms with Gasteiger partial charge in [0, 0.05) is 27.9 Å². The minimum absolute atomic E-state index is 0.131. The van der Waals surface area contributed by atoms with Gasteiger partial charge in [0.1, 0.15) is 5.75 Å². The third-order valence-electron chi connectivity index (χ3n) is 6.02. The molecule has 3 aromatic rings. The normalized spacial score (nSPS) is 12.5. The number of nitriles is 1. The largest absolute Gasteiger partial charge is 0.507 e. The Bertz CT molecular complexity index is 1460. The molecule has 38 heavy (non-hydrogen) atoms. The van der Waals surface area contributed by atoms with E-state index >= 15 is 0 Å². The SMILES string of the molecule is Cc1c([N+](=O)[O-])cc(C(C)(C)C)c(O)c1C(=O)Nc1ccc(C(C#N)c2ccc(Cl)cc2)c(C(F)(F)F)c1. The molecule has 0 fully saturated rings. The van der Waals surface area contributed by atoms with Crippen LogP contribution in [0.3, 0.4) is 0 Å². The van der Waals surface area contributed by atoms with Gasteiger partial charge < -0.3 is 10.4 Å². The Balaban J connectivity index is 2.11. The van der Waals surface area contributed by atoms with E-state index in [2.05, 4.69) is 5.32 Å². The van der Waals surface area contributed by atoms with Crippen molar-refractivity contribution >= 4 is 28.9 Å². The van der Waals surface area contributed by atoms with Crippen molar-refractivity contribution in [1.29, 1.82) is 5.26 Å². The Morgan fingerprint density at radius 3 is 2.21 bits per heavy atom. The van der Waals surface area contributed by atoms with Crippen LogP contribution in [0.4, 0.5) is 24.5 Å². The molecule has 1 atom stereocenters. The summed E-state index contributed by atoms with van der Waals surface area (Å²) >= 11 is 5.85. The third kappa shape index (κ3) is 5.73. The number of carbonyl (C=O) groups excluding carboxylic acids is 1. The first-order valence-corrected chi connectivity index (χ1v) is 11.6. The van der Waals surface area contributed by atoms with E-state index in [9.17, 15) is 38.4 Å². The fraction of sp³-hybridized carbons (Fsp3) is 0.259. The summed E-state index contributed by atoms with van der Waals surface area (Å²) in [5.74, 6) is -2.80. The van der Waals surface area contributed by atoms with Gasteiger partial charge in [-0.3, -0.25) is 14.9 Å². The Hall–Kier alpha value is -4.10. The molecule has 1 unspecified atom stereocenters. The predicted molar refractivity (Wildman–Crippen MR) is 137 cm³/mol. The van der Waals surface area contributed by atoms with Crippen LogP contribution >= 0.6 is 11.6 Å². The summed E-state index contributed by atoms with van der Waals surface area (Å²) in [5, 5.41) is 34.8. The Labute approximate surface area is 221 Å². The quantitative estimate of drug-likeness (QED) is 0.254. The molecule has 0 saturated heterocycles. The number of hydrogen-bond donors (Lipinski definition) is 2. The van der Waals surface area contributed by atoms with Crippen LogP contribution in [0.2, 0.25) is 5.02 Å². The van der Waals surface area contributed by atoms with Gasteiger partial charge in [-0.05, 0) is 47.7 Å². The van der Waals surface area contributed by atoms with Crippen LogP contribution in [-0.4, -0.2) is 15.9 Å². The highest BCUT2D eigenvalue weighted by atomic mass is 35.5. The lowest BCUT2D eigenvalue weighted by molar-refractivity contribution is -0.385. The van der Waals surface area contributed by atoms with Crippen molar-refractivity contribution < 1.29 is 28.0 Å². The number of hydrogen-bond acceptors (Lipinski definition) is 5. The lowest BCUT2D eigenvalue weighted by atomic mass is 9.83. The molecule has 0 bridgehead atoms. The van der Waals surface area contributed by atoms with Gasteiger partial charge in [-0.1, -0.05) is 50.6 Å². The maximum Gasteiger partial charge on any atom is 0.416 e. The third-order valence-corrected chi connectivity index (χ3v) is 6.28. The van der Waals surface area contributed by atoms with Crippen LogP contribution in [0, 0.1) is 28.4 Å². The molecule has 7 nitrogen and oxygen atoms in total. The van der Waals surface area contributed by atoms with Crippen LogP contribution in [0.15, 0.2) is 48.5 Å². The van der Waals surface area contributed by atoms with Crippen molar-refractivity contribution in [2.75, 3.05) is 5.32 Å². The first-order chi connectivity index (χ1) is 17.6. The average molecular weight is 546 g/mol. The maximum absolute atomic E-state index is 14.1. The fourth-order valence-corrected chi connectivity index (χ4v) is 4.22. The number of nitro groups is 1. The minimum Gasteiger partial charge on any atom is -0.507 e. The number of amides is 1. The number of carbonyl (C=O) groups is 1. The molecule has 2 N–H and O–H groups in total. The number of aromatic hydroxyl groups is 1. The molecule has 11 heteroatoms. The van der Waals surface area contributed by atoms with Gasteiger partial charge in [0.05, 0.1) is 28.0 Å². The van der Waals surface area contributed by atoms with Crippen molar-refractivity contribution in [3.05, 3.63) is 97.0 Å². The van der Waals surface area contributed by atoms with Crippen LogP contribution in [0.1, 0.15) is 64.9 Å². The molecular formula is C27H23ClF3N3O4. The Kier molecular flexibility index (Phi) is 7.75. The molecule has 3 rings (SSSR count). The molecule has 0 saturated carbocycles. The Morgan fingerprint density at radius 1 is 1.11 bits per heavy atom. The second kappa shape index (κ2) is 10.3. The summed E-state index contributed by atoms with van der Waals surface area (Å²) in [6.45, 7) is 6.32. The van der Waals surface area contributed by atoms with E-state index in [0.29, 0.717) is 16.7 Å². The van der Waals surface area contributed by atoms with Crippen molar-refractivity contribution in [1.82, 2.24) is 0 Å². The lowest BCUT2D eigenvalue weighted by Crippen LogP contribution is -2.20. The summed E-state index contributed by atoms with van der Waals surface area (Å²) < 4.78 is 42.2. The highest BCUT2D eigenvalue weighted by Gasteiger charge is 2.37. The number of benzene rings is 3. The summed E-state index contributed by atoms with van der Waals surface area (Å²) in [4.78, 5) is 24.1. The van der Waals surface area contributed by atoms with Gasteiger partial charge in [-0.25, -0.2) is 0 Å². The molecule has 0 heterocycles. The van der Waals surface area contributed by atoms with E-state index in [-0.39, 0.29) is 22.4 Å². The number of nitrogens with one attached hydrogen (secondary N) is 1. The number of rotatable bonds is 5. The van der Waals surface area contributed by atoms with Crippen molar-refractivity contribution in [2.24, 2.45) is 0 Å². The van der Waals surface area contributed by atoms with E-state index in [1.165, 1.54) is 43.3 Å². The van der Waals surface area contributed by atoms with Crippen molar-refractivity contribution in [3.8, 4) is 11.8 Å². The molecule has 0 spiro atoms. The van der Waals surface area contributed by atoms with Gasteiger partial charge in [-0.15, -0.1) is 0 Å². The topological polar surface area (TPSA) is 116 Å². The lowest BCUT2D eigenvalue weighted by Gasteiger charge is -2.23. The molecule has 0 aliphatic rings. The molecule has 0 radical (unpaired) electrons. The van der Waals surface area contributed by atoms with Crippen LogP contribution in [0.25, 0.3) is 0 Å². The number of nitro benzene ring substituents is 1. The van der Waals surface area contributed by atoms with Crippen LogP contribution in [0.5, 0.6) is 5.75 Å². The number of halogens is 4. The zero-order chi connectivity index (χ0) is 28.6. The maximum atomic E-state index is 14.1. The second-order valence-electron chi connectivity index (χ2n) is 9.67. The number of phenolic OH excluding ortho intramolecular Hbond substituents is 1. The highest BCUT2D eigenvalue weighted by Crippen LogP contribution is 2.41. The van der Waals surface area contributed by atoms with Crippen molar-refractivity contribution in [3.63, 3.8) is 0 Å². The molecule has 0 aromatic heterocycles. The monoisotopic (exact) mass is 545 g/mol. The zero-order valence-electron chi connectivity index (χ0n) is 20.8. The van der Waals surface area contributed by atoms with Gasteiger partial charge >= 0.3 is 6.18 Å². The number of nitrogens with zero attached hydrogens (tertiary/aromatic N) is 2. The minimum atomic E-state index is -4.87. The first kappa shape index (κ1) is 28.5. The molecule has 198 valence electrons. The number of phenols is 1. The molecule has 0 aliphatic heterocycles. The summed E-state index contributed by atoms with van der Waals surface area (Å²) in [5.41, 5.74) is -3.08. The summed E-state index contributed by atoms with van der Waals surface area (Å²) in [7, 11) is 0. The standard InChI is InChI=1S/C27H23ClF3N3O4/c1-14-22(34(37)38)12-21(26(2,3)4)24(35)23(14)25(36)33-17-9-10-18(20(11-17)27(29,30)31)19(13-32)15-5-7-16(28)8-6-15/h5-12,19,35H,1-4H3,(H,33,36). The van der Waals surface area contributed by atoms with Crippen LogP contribution in [-0.2, 0) is 11.6 Å². The van der Waals surface area contributed by atoms with Gasteiger partial charge in [0.25, 0.3) is 11.6 Å². The number of anilines is 1. The number of alkyl halides is 3. The van der Waals surface area contributed by atoms with Gasteiger partial charge in [0.15, 0.2) is 0 Å². The molecule has 1 amide bonds. The summed E-state index contributed by atoms with van der Waals surface area (Å²) in [6.07, 6.45) is -4.87. The van der Waals surface area contributed by atoms with E-state index in [1.807, 2.05) is 6.07 Å². The van der Waals surface area contributed by atoms with E-state index in [1.54, 1.807) is 20.8 Å². The van der Waals surface area contributed by atoms with E-state index < -0.39 is 50.9 Å². The molecular weight excluding hydrogens is 523 g/mol. The van der Waals surface area contributed by atoms with Gasteiger partial charge in [-0.2, -0.15) is 18.4 Å². The van der Waals surface area contributed by atoms with E-state index in [0.717, 1.165) is 6.07 Å².